The summed E-state index contributed by atoms with van der Waals surface area (Å²) >= 11 is 1.75. The number of hydrogen-bond donors (Lipinski definition) is 2. The van der Waals surface area contributed by atoms with Crippen LogP contribution in [0.25, 0.3) is 10.1 Å². The molecule has 2 N–H and O–H groups in total. The van der Waals surface area contributed by atoms with Gasteiger partial charge in [-0.15, -0.1) is 11.3 Å². The molecule has 0 saturated carbocycles. The molecule has 1 aromatic heterocycles. The third-order valence-electron chi connectivity index (χ3n) is 7.63. The minimum Gasteiger partial charge on any atom is -0.486 e. The number of thiophene rings is 1. The minimum atomic E-state index is -0.830. The standard InChI is InChI=1S/C28H33N3O4S/c32-27(20-4-6-24-25(15-20)35-13-12-34-24)23(18-30-9-1-2-10-30)29-28(33)21-7-11-31(17-21)22-5-3-19-8-14-36-26(19)16-22/h3-6,8,14-16,21,23,27,32H,1-2,7,9-13,17-18H2,(H,29,33). The van der Waals surface area contributed by atoms with Crippen LogP contribution in [0.3, 0.4) is 0 Å². The highest BCUT2D eigenvalue weighted by molar-refractivity contribution is 7.17. The van der Waals surface area contributed by atoms with Crippen LogP contribution in [0.4, 0.5) is 5.69 Å². The van der Waals surface area contributed by atoms with Gasteiger partial charge in [-0.1, -0.05) is 12.1 Å². The number of nitrogens with zero attached hydrogens (tertiary/aromatic N) is 2. The Balaban J connectivity index is 1.15. The van der Waals surface area contributed by atoms with Gasteiger partial charge in [-0.05, 0) is 79.0 Å². The maximum Gasteiger partial charge on any atom is 0.225 e. The molecule has 0 aliphatic carbocycles. The zero-order valence-corrected chi connectivity index (χ0v) is 21.2. The van der Waals surface area contributed by atoms with Gasteiger partial charge < -0.3 is 29.7 Å². The van der Waals surface area contributed by atoms with Crippen molar-refractivity contribution in [1.82, 2.24) is 10.2 Å². The number of hydrogen-bond acceptors (Lipinski definition) is 7. The van der Waals surface area contributed by atoms with E-state index in [2.05, 4.69) is 44.8 Å². The number of benzene rings is 2. The van der Waals surface area contributed by atoms with Gasteiger partial charge in [0.15, 0.2) is 11.5 Å². The van der Waals surface area contributed by atoms with Crippen molar-refractivity contribution in [3.63, 3.8) is 0 Å². The van der Waals surface area contributed by atoms with Crippen LogP contribution in [0.15, 0.2) is 47.8 Å². The lowest BCUT2D eigenvalue weighted by molar-refractivity contribution is -0.126. The summed E-state index contributed by atoms with van der Waals surface area (Å²) in [4.78, 5) is 18.1. The Bertz CT molecular complexity index is 1220. The van der Waals surface area contributed by atoms with Crippen molar-refractivity contribution >= 4 is 33.0 Å². The van der Waals surface area contributed by atoms with Gasteiger partial charge in [0.05, 0.1) is 12.0 Å². The second-order valence-electron chi connectivity index (χ2n) is 10.0. The Morgan fingerprint density at radius 1 is 1.06 bits per heavy atom. The molecule has 0 radical (unpaired) electrons. The third kappa shape index (κ3) is 4.90. The summed E-state index contributed by atoms with van der Waals surface area (Å²) in [6.45, 7) is 5.22. The number of nitrogens with one attached hydrogen (secondary N) is 1. The summed E-state index contributed by atoms with van der Waals surface area (Å²) in [5.74, 6) is 1.27. The first-order valence-corrected chi connectivity index (χ1v) is 13.8. The topological polar surface area (TPSA) is 74.3 Å². The molecule has 7 nitrogen and oxygen atoms in total. The van der Waals surface area contributed by atoms with Crippen molar-refractivity contribution < 1.29 is 19.4 Å². The van der Waals surface area contributed by atoms with Crippen LogP contribution in [0.2, 0.25) is 0 Å². The van der Waals surface area contributed by atoms with Gasteiger partial charge in [-0.25, -0.2) is 0 Å². The molecule has 3 atom stereocenters. The van der Waals surface area contributed by atoms with Gasteiger partial charge >= 0.3 is 0 Å². The van der Waals surface area contributed by atoms with Crippen molar-refractivity contribution in [2.75, 3.05) is 50.8 Å². The van der Waals surface area contributed by atoms with Gasteiger partial charge in [0, 0.05) is 30.0 Å². The van der Waals surface area contributed by atoms with Crippen LogP contribution in [0.1, 0.15) is 30.9 Å². The summed E-state index contributed by atoms with van der Waals surface area (Å²) in [7, 11) is 0. The lowest BCUT2D eigenvalue weighted by Crippen LogP contribution is -2.48. The van der Waals surface area contributed by atoms with Crippen molar-refractivity contribution in [3.8, 4) is 11.5 Å². The molecule has 36 heavy (non-hydrogen) atoms. The summed E-state index contributed by atoms with van der Waals surface area (Å²) in [6.07, 6.45) is 2.30. The molecule has 190 valence electrons. The van der Waals surface area contributed by atoms with E-state index in [4.69, 9.17) is 9.47 Å². The van der Waals surface area contributed by atoms with Gasteiger partial charge in [0.25, 0.3) is 0 Å². The molecule has 3 aliphatic heterocycles. The highest BCUT2D eigenvalue weighted by Gasteiger charge is 2.33. The fraction of sp³-hybridized carbons (Fsp3) is 0.464. The number of rotatable bonds is 7. The SMILES string of the molecule is O=C(NC(CN1CCCC1)C(O)c1ccc2c(c1)OCCO2)C1CCN(c2ccc3ccsc3c2)C1. The van der Waals surface area contributed by atoms with Crippen LogP contribution in [-0.2, 0) is 4.79 Å². The molecule has 3 aromatic rings. The second kappa shape index (κ2) is 10.3. The number of likely N-dealkylation sites (tertiary alicyclic amines) is 1. The van der Waals surface area contributed by atoms with Gasteiger partial charge in [0.2, 0.25) is 5.91 Å². The maximum absolute atomic E-state index is 13.4. The van der Waals surface area contributed by atoms with E-state index in [1.54, 1.807) is 11.3 Å². The van der Waals surface area contributed by atoms with E-state index in [0.717, 1.165) is 44.5 Å². The van der Waals surface area contributed by atoms with E-state index in [1.807, 2.05) is 18.2 Å². The molecule has 3 aliphatic rings. The Morgan fingerprint density at radius 3 is 2.75 bits per heavy atom. The first kappa shape index (κ1) is 23.6. The number of amides is 1. The Hall–Kier alpha value is -2.81. The molecule has 1 amide bonds. The predicted molar refractivity (Wildman–Crippen MR) is 142 cm³/mol. The van der Waals surface area contributed by atoms with Crippen molar-refractivity contribution in [1.29, 1.82) is 0 Å². The number of ether oxygens (including phenoxy) is 2. The number of aliphatic hydroxyl groups excluding tert-OH is 1. The first-order valence-electron chi connectivity index (χ1n) is 13.0. The van der Waals surface area contributed by atoms with Crippen molar-refractivity contribution in [2.24, 2.45) is 5.92 Å². The second-order valence-corrected chi connectivity index (χ2v) is 11.0. The number of carbonyl (C=O) groups is 1. The lowest BCUT2D eigenvalue weighted by Gasteiger charge is -2.30. The summed E-state index contributed by atoms with van der Waals surface area (Å²) in [6, 6.07) is 13.8. The predicted octanol–water partition coefficient (Wildman–Crippen LogP) is 3.81. The fourth-order valence-electron chi connectivity index (χ4n) is 5.59. The Kier molecular flexibility index (Phi) is 6.73. The lowest BCUT2D eigenvalue weighted by atomic mass is 9.99. The average molecular weight is 508 g/mol. The highest BCUT2D eigenvalue weighted by atomic mass is 32.1. The Labute approximate surface area is 215 Å². The summed E-state index contributed by atoms with van der Waals surface area (Å²) < 4.78 is 12.6. The van der Waals surface area contributed by atoms with Crippen LogP contribution in [0, 0.1) is 5.92 Å². The van der Waals surface area contributed by atoms with E-state index in [-0.39, 0.29) is 11.8 Å². The van der Waals surface area contributed by atoms with Crippen molar-refractivity contribution in [3.05, 3.63) is 53.4 Å². The molecule has 0 bridgehead atoms. The van der Waals surface area contributed by atoms with E-state index in [9.17, 15) is 9.90 Å². The molecule has 4 heterocycles. The van der Waals surface area contributed by atoms with Crippen molar-refractivity contribution in [2.45, 2.75) is 31.4 Å². The molecule has 3 unspecified atom stereocenters. The van der Waals surface area contributed by atoms with Crippen LogP contribution >= 0.6 is 11.3 Å². The van der Waals surface area contributed by atoms with E-state index >= 15 is 0 Å². The number of fused-ring (bicyclic) bond motifs is 2. The Morgan fingerprint density at radius 2 is 1.89 bits per heavy atom. The molecule has 2 saturated heterocycles. The molecule has 2 aromatic carbocycles. The van der Waals surface area contributed by atoms with E-state index in [1.165, 1.54) is 15.8 Å². The van der Waals surface area contributed by atoms with Gasteiger partial charge in [-0.3, -0.25) is 4.79 Å². The zero-order valence-electron chi connectivity index (χ0n) is 20.4. The average Bonchev–Trinajstić information content (AvgIpc) is 3.69. The zero-order chi connectivity index (χ0) is 24.5. The van der Waals surface area contributed by atoms with E-state index < -0.39 is 12.1 Å². The summed E-state index contributed by atoms with van der Waals surface area (Å²) in [5.41, 5.74) is 1.91. The number of anilines is 1. The molecule has 8 heteroatoms. The maximum atomic E-state index is 13.4. The number of aliphatic hydroxyl groups is 1. The monoisotopic (exact) mass is 507 g/mol. The molecule has 2 fully saturated rings. The van der Waals surface area contributed by atoms with Gasteiger partial charge in [-0.2, -0.15) is 0 Å². The molecular weight excluding hydrogens is 474 g/mol. The van der Waals surface area contributed by atoms with Gasteiger partial charge in [0.1, 0.15) is 19.3 Å². The highest BCUT2D eigenvalue weighted by Crippen LogP contribution is 2.34. The first-order chi connectivity index (χ1) is 17.6. The van der Waals surface area contributed by atoms with Crippen LogP contribution in [0.5, 0.6) is 11.5 Å². The molecular formula is C28H33N3O4S. The molecule has 0 spiro atoms. The quantitative estimate of drug-likeness (QED) is 0.507. The normalized spacial score (nSPS) is 21.6. The van der Waals surface area contributed by atoms with Crippen LogP contribution in [-0.4, -0.2) is 67.9 Å². The van der Waals surface area contributed by atoms with Crippen LogP contribution < -0.4 is 19.7 Å². The summed E-state index contributed by atoms with van der Waals surface area (Å²) in [5, 5.41) is 18.0. The third-order valence-corrected chi connectivity index (χ3v) is 8.51. The molecule has 6 rings (SSSR count). The van der Waals surface area contributed by atoms with E-state index in [0.29, 0.717) is 37.8 Å². The number of carbonyl (C=O) groups excluding carboxylic acids is 1. The minimum absolute atomic E-state index is 0.0236. The smallest absolute Gasteiger partial charge is 0.225 e. The largest absolute Gasteiger partial charge is 0.486 e. The fourth-order valence-corrected chi connectivity index (χ4v) is 6.42.